The van der Waals surface area contributed by atoms with Crippen LogP contribution in [0.3, 0.4) is 0 Å². The molecule has 0 saturated heterocycles. The van der Waals surface area contributed by atoms with Crippen LogP contribution in [0.25, 0.3) is 0 Å². The number of nitrogens with one attached hydrogen (secondary N) is 4. The predicted molar refractivity (Wildman–Crippen MR) is 151 cm³/mol. The third kappa shape index (κ3) is 7.72. The minimum absolute atomic E-state index is 0.00915. The van der Waals surface area contributed by atoms with Gasteiger partial charge in [-0.25, -0.2) is 0 Å². The van der Waals surface area contributed by atoms with Crippen molar-refractivity contribution in [2.24, 2.45) is 0 Å². The van der Waals surface area contributed by atoms with E-state index in [0.717, 1.165) is 11.1 Å². The second kappa shape index (κ2) is 11.8. The highest BCUT2D eigenvalue weighted by Gasteiger charge is 2.15. The summed E-state index contributed by atoms with van der Waals surface area (Å²) in [7, 11) is 0. The molecule has 0 fully saturated rings. The Labute approximate surface area is 223 Å². The van der Waals surface area contributed by atoms with E-state index < -0.39 is 5.91 Å². The largest absolute Gasteiger partial charge is 0.322 e. The third-order valence-electron chi connectivity index (χ3n) is 5.77. The molecule has 0 aliphatic carbocycles. The number of amides is 3. The molecule has 0 bridgehead atoms. The fraction of sp³-hybridized carbons (Fsp3) is 0.241. The number of carbonyl (C=O) groups is 3. The van der Waals surface area contributed by atoms with Gasteiger partial charge in [0.2, 0.25) is 0 Å². The lowest BCUT2D eigenvalue weighted by atomic mass is 9.87. The molecule has 7 nitrogen and oxygen atoms in total. The van der Waals surface area contributed by atoms with Gasteiger partial charge < -0.3 is 5.32 Å². The van der Waals surface area contributed by atoms with Gasteiger partial charge in [-0.3, -0.25) is 30.6 Å². The van der Waals surface area contributed by atoms with Crippen LogP contribution in [0.15, 0.2) is 72.8 Å². The Morgan fingerprint density at radius 1 is 0.676 bits per heavy atom. The van der Waals surface area contributed by atoms with Gasteiger partial charge in [-0.1, -0.05) is 58.9 Å². The van der Waals surface area contributed by atoms with E-state index in [1.165, 1.54) is 0 Å². The van der Waals surface area contributed by atoms with E-state index in [4.69, 9.17) is 12.2 Å². The molecular weight excluding hydrogens is 484 g/mol. The zero-order valence-electron chi connectivity index (χ0n) is 21.6. The SMILES string of the molecule is CC(C)c1ccc(C(=O)NC(=S)NNC(=O)c2ccc(NC(=O)c3ccc(C(C)(C)C)cc3)cc2)cc1. The Morgan fingerprint density at radius 2 is 1.16 bits per heavy atom. The Kier molecular flexibility index (Phi) is 8.78. The molecule has 0 aliphatic rings. The summed E-state index contributed by atoms with van der Waals surface area (Å²) in [6.45, 7) is 10.5. The summed E-state index contributed by atoms with van der Waals surface area (Å²) in [6.07, 6.45) is 0. The van der Waals surface area contributed by atoms with Gasteiger partial charge >= 0.3 is 0 Å². The maximum Gasteiger partial charge on any atom is 0.269 e. The van der Waals surface area contributed by atoms with E-state index in [1.54, 1.807) is 48.5 Å². The summed E-state index contributed by atoms with van der Waals surface area (Å²) in [6, 6.07) is 21.2. The Bertz CT molecular complexity index is 1280. The highest BCUT2D eigenvalue weighted by molar-refractivity contribution is 7.80. The van der Waals surface area contributed by atoms with Crippen LogP contribution in [0.4, 0.5) is 5.69 Å². The summed E-state index contributed by atoms with van der Waals surface area (Å²) in [4.78, 5) is 37.4. The summed E-state index contributed by atoms with van der Waals surface area (Å²) in [5.41, 5.74) is 9.17. The minimum Gasteiger partial charge on any atom is -0.322 e. The molecule has 3 aromatic rings. The molecule has 0 atom stereocenters. The number of anilines is 1. The van der Waals surface area contributed by atoms with Gasteiger partial charge in [0, 0.05) is 22.4 Å². The van der Waals surface area contributed by atoms with Crippen LogP contribution in [0.2, 0.25) is 0 Å². The number of rotatable bonds is 5. The van der Waals surface area contributed by atoms with Crippen molar-refractivity contribution in [1.82, 2.24) is 16.2 Å². The molecule has 0 aliphatic heterocycles. The molecule has 3 aromatic carbocycles. The highest BCUT2D eigenvalue weighted by atomic mass is 32.1. The van der Waals surface area contributed by atoms with Crippen molar-refractivity contribution >= 4 is 40.7 Å². The fourth-order valence-electron chi connectivity index (χ4n) is 3.44. The van der Waals surface area contributed by atoms with Crippen LogP contribution < -0.4 is 21.5 Å². The molecule has 192 valence electrons. The van der Waals surface area contributed by atoms with E-state index in [9.17, 15) is 14.4 Å². The number of hydrogen-bond acceptors (Lipinski definition) is 4. The lowest BCUT2D eigenvalue weighted by Crippen LogP contribution is -2.48. The van der Waals surface area contributed by atoms with Crippen molar-refractivity contribution in [3.05, 3.63) is 101 Å². The Hall–Kier alpha value is -4.04. The van der Waals surface area contributed by atoms with Crippen molar-refractivity contribution < 1.29 is 14.4 Å². The maximum atomic E-state index is 12.6. The van der Waals surface area contributed by atoms with Gasteiger partial charge in [0.15, 0.2) is 5.11 Å². The molecule has 0 saturated carbocycles. The van der Waals surface area contributed by atoms with Crippen molar-refractivity contribution in [1.29, 1.82) is 0 Å². The molecule has 0 heterocycles. The number of hydrazine groups is 1. The van der Waals surface area contributed by atoms with E-state index in [1.807, 2.05) is 24.3 Å². The zero-order chi connectivity index (χ0) is 27.2. The first-order valence-electron chi connectivity index (χ1n) is 12.0. The molecule has 4 N–H and O–H groups in total. The first-order valence-corrected chi connectivity index (χ1v) is 12.4. The van der Waals surface area contributed by atoms with Crippen LogP contribution in [0.5, 0.6) is 0 Å². The summed E-state index contributed by atoms with van der Waals surface area (Å²) < 4.78 is 0. The maximum absolute atomic E-state index is 12.6. The summed E-state index contributed by atoms with van der Waals surface area (Å²) in [5, 5.41) is 5.32. The van der Waals surface area contributed by atoms with Crippen molar-refractivity contribution in [3.63, 3.8) is 0 Å². The van der Waals surface area contributed by atoms with Gasteiger partial charge in [0.1, 0.15) is 0 Å². The minimum atomic E-state index is -0.450. The van der Waals surface area contributed by atoms with E-state index in [-0.39, 0.29) is 22.3 Å². The molecule has 0 radical (unpaired) electrons. The average Bonchev–Trinajstić information content (AvgIpc) is 2.87. The van der Waals surface area contributed by atoms with Crippen molar-refractivity contribution in [2.45, 2.75) is 46.0 Å². The predicted octanol–water partition coefficient (Wildman–Crippen LogP) is 5.31. The molecule has 0 spiro atoms. The van der Waals surface area contributed by atoms with Gasteiger partial charge in [-0.2, -0.15) is 0 Å². The highest BCUT2D eigenvalue weighted by Crippen LogP contribution is 2.22. The van der Waals surface area contributed by atoms with Crippen LogP contribution in [0, 0.1) is 0 Å². The van der Waals surface area contributed by atoms with Crippen molar-refractivity contribution in [2.75, 3.05) is 5.32 Å². The van der Waals surface area contributed by atoms with Gasteiger partial charge in [-0.15, -0.1) is 0 Å². The molecule has 3 amide bonds. The lowest BCUT2D eigenvalue weighted by molar-refractivity contribution is 0.0934. The van der Waals surface area contributed by atoms with Crippen LogP contribution in [-0.2, 0) is 5.41 Å². The second-order valence-corrected chi connectivity index (χ2v) is 10.4. The standard InChI is InChI=1S/C29H32N4O3S/c1-18(2)19-6-8-20(9-7-19)26(35)31-28(37)33-32-27(36)22-12-16-24(17-13-22)30-25(34)21-10-14-23(15-11-21)29(3,4)5/h6-18H,1-5H3,(H,30,34)(H,32,36)(H2,31,33,35,37). The zero-order valence-corrected chi connectivity index (χ0v) is 22.5. The number of carbonyl (C=O) groups excluding carboxylic acids is 3. The van der Waals surface area contributed by atoms with Crippen LogP contribution in [-0.4, -0.2) is 22.8 Å². The first kappa shape index (κ1) is 27.5. The molecule has 0 unspecified atom stereocenters. The molecule has 8 heteroatoms. The van der Waals surface area contributed by atoms with E-state index in [2.05, 4.69) is 56.1 Å². The number of benzene rings is 3. The lowest BCUT2D eigenvalue weighted by Gasteiger charge is -2.19. The number of hydrogen-bond donors (Lipinski definition) is 4. The molecule has 3 rings (SSSR count). The molecule has 0 aromatic heterocycles. The van der Waals surface area contributed by atoms with Gasteiger partial charge in [0.25, 0.3) is 17.7 Å². The quantitative estimate of drug-likeness (QED) is 0.272. The Morgan fingerprint density at radius 3 is 1.70 bits per heavy atom. The third-order valence-corrected chi connectivity index (χ3v) is 5.98. The van der Waals surface area contributed by atoms with Crippen LogP contribution >= 0.6 is 12.2 Å². The topological polar surface area (TPSA) is 99.3 Å². The average molecular weight is 517 g/mol. The second-order valence-electron chi connectivity index (χ2n) is 10.00. The summed E-state index contributed by atoms with van der Waals surface area (Å²) >= 11 is 5.10. The number of thiocarbonyl (C=S) groups is 1. The molecule has 37 heavy (non-hydrogen) atoms. The smallest absolute Gasteiger partial charge is 0.269 e. The monoisotopic (exact) mass is 516 g/mol. The Balaban J connectivity index is 1.49. The summed E-state index contributed by atoms with van der Waals surface area (Å²) in [5.74, 6) is -0.700. The van der Waals surface area contributed by atoms with E-state index in [0.29, 0.717) is 28.3 Å². The molecular formula is C29H32N4O3S. The van der Waals surface area contributed by atoms with E-state index >= 15 is 0 Å². The fourth-order valence-corrected chi connectivity index (χ4v) is 3.59. The first-order chi connectivity index (χ1) is 17.4. The van der Waals surface area contributed by atoms with Crippen molar-refractivity contribution in [3.8, 4) is 0 Å². The van der Waals surface area contributed by atoms with Gasteiger partial charge in [-0.05, 0) is 83.2 Å². The van der Waals surface area contributed by atoms with Gasteiger partial charge in [0.05, 0.1) is 0 Å². The van der Waals surface area contributed by atoms with Crippen LogP contribution in [0.1, 0.15) is 82.7 Å². The normalized spacial score (nSPS) is 11.0.